The molecule has 0 unspecified atom stereocenters. The molecule has 164 valence electrons. The van der Waals surface area contributed by atoms with Crippen LogP contribution < -0.4 is 9.64 Å². The highest BCUT2D eigenvalue weighted by Gasteiger charge is 2.27. The van der Waals surface area contributed by atoms with Gasteiger partial charge in [-0.15, -0.1) is 0 Å². The Hall–Kier alpha value is -2.89. The molecule has 0 N–H and O–H groups in total. The molecule has 0 saturated carbocycles. The van der Waals surface area contributed by atoms with Crippen LogP contribution in [0.2, 0.25) is 0 Å². The van der Waals surface area contributed by atoms with E-state index in [9.17, 15) is 8.42 Å². The van der Waals surface area contributed by atoms with Crippen molar-refractivity contribution in [2.75, 3.05) is 51.6 Å². The second kappa shape index (κ2) is 8.69. The molecule has 10 nitrogen and oxygen atoms in total. The molecular weight excluding hydrogens is 420 g/mol. The highest BCUT2D eigenvalue weighted by Crippen LogP contribution is 2.27. The number of aromatic nitrogens is 4. The first-order valence-corrected chi connectivity index (χ1v) is 11.6. The summed E-state index contributed by atoms with van der Waals surface area (Å²) < 4.78 is 36.7. The molecule has 1 atom stereocenters. The number of nitrogens with zero attached hydrogens (tertiary/aromatic N) is 6. The lowest BCUT2D eigenvalue weighted by Gasteiger charge is -2.30. The number of hydrogen-bond acceptors (Lipinski definition) is 9. The second-order valence-corrected chi connectivity index (χ2v) is 9.44. The number of fused-ring (bicyclic) bond motifs is 1. The first kappa shape index (κ1) is 21.3. The number of pyridine rings is 2. The lowest BCUT2D eigenvalue weighted by molar-refractivity contribution is -0.0252. The Morgan fingerprint density at radius 2 is 2.03 bits per heavy atom. The van der Waals surface area contributed by atoms with Crippen LogP contribution >= 0.6 is 0 Å². The van der Waals surface area contributed by atoms with Crippen molar-refractivity contribution in [3.05, 3.63) is 36.8 Å². The molecule has 0 bridgehead atoms. The number of ether oxygens (including phenoxy) is 2. The first-order valence-electron chi connectivity index (χ1n) is 9.76. The van der Waals surface area contributed by atoms with Crippen LogP contribution in [0.5, 0.6) is 5.88 Å². The zero-order valence-electron chi connectivity index (χ0n) is 17.6. The molecule has 3 aromatic rings. The van der Waals surface area contributed by atoms with Crippen molar-refractivity contribution in [2.45, 2.75) is 6.10 Å². The first-order chi connectivity index (χ1) is 14.8. The van der Waals surface area contributed by atoms with Crippen molar-refractivity contribution < 1.29 is 17.9 Å². The van der Waals surface area contributed by atoms with Crippen LogP contribution in [0.15, 0.2) is 36.8 Å². The molecule has 0 amide bonds. The monoisotopic (exact) mass is 444 g/mol. The van der Waals surface area contributed by atoms with Gasteiger partial charge >= 0.3 is 0 Å². The molecule has 1 aliphatic rings. The van der Waals surface area contributed by atoms with Crippen LogP contribution in [0.3, 0.4) is 0 Å². The van der Waals surface area contributed by atoms with Gasteiger partial charge in [0.1, 0.15) is 18.5 Å². The van der Waals surface area contributed by atoms with Gasteiger partial charge in [-0.3, -0.25) is 4.98 Å². The Balaban J connectivity index is 1.59. The number of rotatable bonds is 6. The van der Waals surface area contributed by atoms with Crippen molar-refractivity contribution in [1.29, 1.82) is 0 Å². The molecule has 0 aromatic carbocycles. The molecule has 0 spiro atoms. The fraction of sp³-hybridized carbons (Fsp3) is 0.400. The van der Waals surface area contributed by atoms with E-state index < -0.39 is 16.1 Å². The lowest BCUT2D eigenvalue weighted by atomic mass is 10.1. The van der Waals surface area contributed by atoms with Crippen molar-refractivity contribution in [2.24, 2.45) is 0 Å². The van der Waals surface area contributed by atoms with E-state index in [0.717, 1.165) is 11.4 Å². The van der Waals surface area contributed by atoms with E-state index in [4.69, 9.17) is 9.47 Å². The smallest absolute Gasteiger partial charge is 0.242 e. The summed E-state index contributed by atoms with van der Waals surface area (Å²) in [5.74, 6) is 1.16. The van der Waals surface area contributed by atoms with Crippen molar-refractivity contribution in [3.63, 3.8) is 0 Å². The maximum absolute atomic E-state index is 11.8. The summed E-state index contributed by atoms with van der Waals surface area (Å²) in [7, 11) is 0.574. The van der Waals surface area contributed by atoms with Crippen molar-refractivity contribution in [3.8, 4) is 17.1 Å². The van der Waals surface area contributed by atoms with E-state index in [1.807, 2.05) is 37.2 Å². The molecule has 31 heavy (non-hydrogen) atoms. The van der Waals surface area contributed by atoms with Crippen molar-refractivity contribution in [1.82, 2.24) is 24.2 Å². The highest BCUT2D eigenvalue weighted by atomic mass is 32.2. The summed E-state index contributed by atoms with van der Waals surface area (Å²) in [6.45, 7) is 1.04. The van der Waals surface area contributed by atoms with Crippen LogP contribution in [0.25, 0.3) is 22.3 Å². The third-order valence-corrected chi connectivity index (χ3v) is 6.17. The average Bonchev–Trinajstić information content (AvgIpc) is 2.77. The van der Waals surface area contributed by atoms with Gasteiger partial charge in [0.25, 0.3) is 0 Å². The zero-order valence-corrected chi connectivity index (χ0v) is 18.4. The van der Waals surface area contributed by atoms with E-state index in [1.54, 1.807) is 18.6 Å². The number of anilines is 1. The van der Waals surface area contributed by atoms with Gasteiger partial charge in [0.05, 0.1) is 24.1 Å². The summed E-state index contributed by atoms with van der Waals surface area (Å²) in [5, 5.41) is 0. The summed E-state index contributed by atoms with van der Waals surface area (Å²) in [6, 6.07) is 5.68. The molecule has 4 rings (SSSR count). The van der Waals surface area contributed by atoms with Gasteiger partial charge in [0.15, 0.2) is 5.52 Å². The summed E-state index contributed by atoms with van der Waals surface area (Å²) in [6.07, 6.45) is 5.73. The Labute approximate surface area is 180 Å². The number of morpholine rings is 1. The number of hydrogen-bond donors (Lipinski definition) is 0. The highest BCUT2D eigenvalue weighted by molar-refractivity contribution is 7.88. The molecule has 0 aliphatic carbocycles. The van der Waals surface area contributed by atoms with E-state index in [0.29, 0.717) is 35.8 Å². The molecular formula is C20H24N6O4S. The Kier molecular flexibility index (Phi) is 5.99. The average molecular weight is 445 g/mol. The van der Waals surface area contributed by atoms with Crippen LogP contribution in [0.4, 0.5) is 5.82 Å². The van der Waals surface area contributed by atoms with Crippen LogP contribution in [-0.4, -0.2) is 85.4 Å². The van der Waals surface area contributed by atoms with Gasteiger partial charge < -0.3 is 14.4 Å². The largest absolute Gasteiger partial charge is 0.473 e. The Morgan fingerprint density at radius 3 is 2.74 bits per heavy atom. The third-order valence-electron chi connectivity index (χ3n) is 4.90. The minimum atomic E-state index is -3.28. The van der Waals surface area contributed by atoms with Crippen LogP contribution in [-0.2, 0) is 14.8 Å². The van der Waals surface area contributed by atoms with Gasteiger partial charge in [-0.1, -0.05) is 0 Å². The predicted octanol–water partition coefficient (Wildman–Crippen LogP) is 1.19. The van der Waals surface area contributed by atoms with Crippen molar-refractivity contribution >= 4 is 26.9 Å². The topological polar surface area (TPSA) is 111 Å². The fourth-order valence-corrected chi connectivity index (χ4v) is 4.10. The van der Waals surface area contributed by atoms with E-state index >= 15 is 0 Å². The molecule has 11 heteroatoms. The van der Waals surface area contributed by atoms with E-state index in [1.165, 1.54) is 10.6 Å². The summed E-state index contributed by atoms with van der Waals surface area (Å²) in [5.41, 5.74) is 2.64. The van der Waals surface area contributed by atoms with E-state index in [2.05, 4.69) is 19.9 Å². The molecule has 1 aliphatic heterocycles. The Morgan fingerprint density at radius 1 is 1.23 bits per heavy atom. The SMILES string of the molecule is CN(C)c1ccc(-c2cc3nccnc3c(OC[C@@H]3CN(S(C)(=O)=O)CCO3)n2)cn1. The number of sulfonamides is 1. The minimum absolute atomic E-state index is 0.145. The van der Waals surface area contributed by atoms with Crippen LogP contribution in [0, 0.1) is 0 Å². The van der Waals surface area contributed by atoms with Crippen LogP contribution in [0.1, 0.15) is 0 Å². The summed E-state index contributed by atoms with van der Waals surface area (Å²) in [4.78, 5) is 19.7. The maximum Gasteiger partial charge on any atom is 0.242 e. The molecule has 1 fully saturated rings. The fourth-order valence-electron chi connectivity index (χ4n) is 3.26. The predicted molar refractivity (Wildman–Crippen MR) is 117 cm³/mol. The Bertz CT molecular complexity index is 1170. The third kappa shape index (κ3) is 4.89. The van der Waals surface area contributed by atoms with Gasteiger partial charge in [0, 0.05) is 51.3 Å². The quantitative estimate of drug-likeness (QED) is 0.553. The molecule has 1 saturated heterocycles. The molecule has 3 aromatic heterocycles. The van der Waals surface area contributed by atoms with Gasteiger partial charge in [-0.25, -0.2) is 23.4 Å². The standard InChI is InChI=1S/C20H24N6O4S/c1-25(2)18-5-4-14(11-23-18)16-10-17-19(22-7-6-21-17)20(24-16)30-13-15-12-26(8-9-29-15)31(3,27)28/h4-7,10-11,15H,8-9,12-13H2,1-3H3/t15-/m0/s1. The van der Waals surface area contributed by atoms with Gasteiger partial charge in [0.2, 0.25) is 15.9 Å². The zero-order chi connectivity index (χ0) is 22.0. The van der Waals surface area contributed by atoms with E-state index in [-0.39, 0.29) is 13.2 Å². The molecule has 0 radical (unpaired) electrons. The van der Waals surface area contributed by atoms with Gasteiger partial charge in [-0.2, -0.15) is 4.31 Å². The van der Waals surface area contributed by atoms with Gasteiger partial charge in [-0.05, 0) is 18.2 Å². The summed E-state index contributed by atoms with van der Waals surface area (Å²) >= 11 is 0. The second-order valence-electron chi connectivity index (χ2n) is 7.46. The minimum Gasteiger partial charge on any atom is -0.473 e. The maximum atomic E-state index is 11.8. The normalized spacial score (nSPS) is 17.6. The molecule has 4 heterocycles. The lowest BCUT2D eigenvalue weighted by Crippen LogP contribution is -2.47.